The van der Waals surface area contributed by atoms with Crippen LogP contribution in [0.3, 0.4) is 0 Å². The van der Waals surface area contributed by atoms with E-state index in [1.165, 1.54) is 5.56 Å². The average molecular weight is 406 g/mol. The lowest BCUT2D eigenvalue weighted by Gasteiger charge is -2.13. The van der Waals surface area contributed by atoms with Crippen molar-refractivity contribution in [2.45, 2.75) is 26.4 Å². The number of nitrogens with one attached hydrogen (secondary N) is 1. The number of hydrogen-bond donors (Lipinski definition) is 1. The SMILES string of the molecule is COc1ccc(NC(=O)COc2ccc(C(C)C)cc2)cc1OCc1cccnc1. The Labute approximate surface area is 176 Å². The van der Waals surface area contributed by atoms with Crippen molar-refractivity contribution in [1.29, 1.82) is 0 Å². The minimum Gasteiger partial charge on any atom is -0.493 e. The lowest BCUT2D eigenvalue weighted by Crippen LogP contribution is -2.20. The number of nitrogens with zero attached hydrogens (tertiary/aromatic N) is 1. The topological polar surface area (TPSA) is 69.7 Å². The highest BCUT2D eigenvalue weighted by atomic mass is 16.5. The summed E-state index contributed by atoms with van der Waals surface area (Å²) in [5.74, 6) is 1.96. The highest BCUT2D eigenvalue weighted by Crippen LogP contribution is 2.31. The van der Waals surface area contributed by atoms with Crippen molar-refractivity contribution in [3.8, 4) is 17.2 Å². The van der Waals surface area contributed by atoms with Gasteiger partial charge in [0.15, 0.2) is 18.1 Å². The number of benzene rings is 2. The Morgan fingerprint density at radius 1 is 1.03 bits per heavy atom. The van der Waals surface area contributed by atoms with Crippen LogP contribution in [0.25, 0.3) is 0 Å². The molecule has 0 aliphatic rings. The number of carbonyl (C=O) groups is 1. The van der Waals surface area contributed by atoms with Crippen LogP contribution in [0, 0.1) is 0 Å². The quantitative estimate of drug-likeness (QED) is 0.552. The predicted molar refractivity (Wildman–Crippen MR) is 116 cm³/mol. The third-order valence-electron chi connectivity index (χ3n) is 4.48. The summed E-state index contributed by atoms with van der Waals surface area (Å²) < 4.78 is 16.8. The smallest absolute Gasteiger partial charge is 0.262 e. The fourth-order valence-electron chi connectivity index (χ4n) is 2.81. The van der Waals surface area contributed by atoms with Gasteiger partial charge < -0.3 is 19.5 Å². The van der Waals surface area contributed by atoms with Crippen molar-refractivity contribution < 1.29 is 19.0 Å². The van der Waals surface area contributed by atoms with Crippen LogP contribution in [0.1, 0.15) is 30.9 Å². The van der Waals surface area contributed by atoms with Crippen LogP contribution in [-0.2, 0) is 11.4 Å². The van der Waals surface area contributed by atoms with Gasteiger partial charge in [-0.2, -0.15) is 0 Å². The number of rotatable bonds is 9. The first-order chi connectivity index (χ1) is 14.5. The van der Waals surface area contributed by atoms with Gasteiger partial charge in [-0.15, -0.1) is 0 Å². The highest BCUT2D eigenvalue weighted by molar-refractivity contribution is 5.92. The Morgan fingerprint density at radius 3 is 2.50 bits per heavy atom. The second kappa shape index (κ2) is 10.3. The van der Waals surface area contributed by atoms with E-state index in [2.05, 4.69) is 24.1 Å². The van der Waals surface area contributed by atoms with Gasteiger partial charge in [0.25, 0.3) is 5.91 Å². The standard InChI is InChI=1S/C24H26N2O4/c1-17(2)19-6-9-21(10-7-19)29-16-24(27)26-20-8-11-22(28-3)23(13-20)30-15-18-5-4-12-25-14-18/h4-14,17H,15-16H2,1-3H3,(H,26,27). The summed E-state index contributed by atoms with van der Waals surface area (Å²) in [4.78, 5) is 16.4. The van der Waals surface area contributed by atoms with E-state index in [-0.39, 0.29) is 12.5 Å². The van der Waals surface area contributed by atoms with E-state index in [4.69, 9.17) is 14.2 Å². The maximum Gasteiger partial charge on any atom is 0.262 e. The molecule has 0 unspecified atom stereocenters. The number of methoxy groups -OCH3 is 1. The molecule has 0 aliphatic heterocycles. The van der Waals surface area contributed by atoms with Gasteiger partial charge in [0, 0.05) is 29.7 Å². The molecule has 0 atom stereocenters. The number of ether oxygens (including phenoxy) is 3. The molecule has 0 spiro atoms. The van der Waals surface area contributed by atoms with Crippen LogP contribution in [0.2, 0.25) is 0 Å². The van der Waals surface area contributed by atoms with Crippen molar-refractivity contribution in [3.63, 3.8) is 0 Å². The Morgan fingerprint density at radius 2 is 1.83 bits per heavy atom. The van der Waals surface area contributed by atoms with E-state index in [1.54, 1.807) is 37.7 Å². The van der Waals surface area contributed by atoms with Gasteiger partial charge >= 0.3 is 0 Å². The molecule has 30 heavy (non-hydrogen) atoms. The van der Waals surface area contributed by atoms with E-state index < -0.39 is 0 Å². The summed E-state index contributed by atoms with van der Waals surface area (Å²) in [6.07, 6.45) is 3.45. The van der Waals surface area contributed by atoms with Gasteiger partial charge in [-0.25, -0.2) is 0 Å². The fraction of sp³-hybridized carbons (Fsp3) is 0.250. The van der Waals surface area contributed by atoms with Gasteiger partial charge in [-0.1, -0.05) is 32.0 Å². The van der Waals surface area contributed by atoms with Crippen molar-refractivity contribution in [2.24, 2.45) is 0 Å². The molecule has 1 amide bonds. The average Bonchev–Trinajstić information content (AvgIpc) is 2.77. The summed E-state index contributed by atoms with van der Waals surface area (Å²) in [7, 11) is 1.57. The van der Waals surface area contributed by atoms with Gasteiger partial charge in [0.05, 0.1) is 7.11 Å². The van der Waals surface area contributed by atoms with Crippen molar-refractivity contribution in [2.75, 3.05) is 19.0 Å². The van der Waals surface area contributed by atoms with Crippen molar-refractivity contribution in [1.82, 2.24) is 4.98 Å². The summed E-state index contributed by atoms with van der Waals surface area (Å²) in [6, 6.07) is 16.8. The van der Waals surface area contributed by atoms with Crippen LogP contribution in [-0.4, -0.2) is 24.6 Å². The molecule has 0 fully saturated rings. The monoisotopic (exact) mass is 406 g/mol. The molecule has 1 heterocycles. The normalized spacial score (nSPS) is 10.5. The van der Waals surface area contributed by atoms with Crippen molar-refractivity contribution in [3.05, 3.63) is 78.1 Å². The summed E-state index contributed by atoms with van der Waals surface area (Å²) in [6.45, 7) is 4.52. The van der Waals surface area contributed by atoms with Crippen LogP contribution in [0.15, 0.2) is 67.0 Å². The zero-order valence-electron chi connectivity index (χ0n) is 17.4. The van der Waals surface area contributed by atoms with E-state index in [0.29, 0.717) is 35.5 Å². The molecule has 3 rings (SSSR count). The minimum atomic E-state index is -0.258. The van der Waals surface area contributed by atoms with Crippen molar-refractivity contribution >= 4 is 11.6 Å². The molecule has 0 saturated carbocycles. The largest absolute Gasteiger partial charge is 0.493 e. The molecule has 1 N–H and O–H groups in total. The van der Waals surface area contributed by atoms with E-state index >= 15 is 0 Å². The van der Waals surface area contributed by atoms with Gasteiger partial charge in [-0.3, -0.25) is 9.78 Å². The molecule has 6 nitrogen and oxygen atoms in total. The molecule has 6 heteroatoms. The fourth-order valence-corrected chi connectivity index (χ4v) is 2.81. The molecular formula is C24H26N2O4. The molecule has 2 aromatic carbocycles. The third kappa shape index (κ3) is 5.98. The van der Waals surface area contributed by atoms with Gasteiger partial charge in [0.1, 0.15) is 12.4 Å². The van der Waals surface area contributed by atoms with E-state index in [1.807, 2.05) is 36.4 Å². The Bertz CT molecular complexity index is 957. The zero-order chi connectivity index (χ0) is 21.3. The molecule has 3 aromatic rings. The number of aromatic nitrogens is 1. The van der Waals surface area contributed by atoms with Crippen LogP contribution >= 0.6 is 0 Å². The number of hydrogen-bond acceptors (Lipinski definition) is 5. The number of amides is 1. The molecule has 0 saturated heterocycles. The first-order valence-corrected chi connectivity index (χ1v) is 9.77. The molecule has 0 bridgehead atoms. The van der Waals surface area contributed by atoms with Crippen LogP contribution < -0.4 is 19.5 Å². The van der Waals surface area contributed by atoms with Gasteiger partial charge in [0.2, 0.25) is 0 Å². The Kier molecular flexibility index (Phi) is 7.27. The lowest BCUT2D eigenvalue weighted by atomic mass is 10.0. The molecule has 0 radical (unpaired) electrons. The van der Waals surface area contributed by atoms with Crippen LogP contribution in [0.4, 0.5) is 5.69 Å². The first kappa shape index (κ1) is 21.2. The van der Waals surface area contributed by atoms with Gasteiger partial charge in [-0.05, 0) is 41.8 Å². The predicted octanol–water partition coefficient (Wildman–Crippen LogP) is 4.81. The number of pyridine rings is 1. The maximum absolute atomic E-state index is 12.3. The maximum atomic E-state index is 12.3. The highest BCUT2D eigenvalue weighted by Gasteiger charge is 2.10. The number of anilines is 1. The molecular weight excluding hydrogens is 380 g/mol. The second-order valence-electron chi connectivity index (χ2n) is 7.08. The molecule has 156 valence electrons. The molecule has 0 aliphatic carbocycles. The summed E-state index contributed by atoms with van der Waals surface area (Å²) >= 11 is 0. The first-order valence-electron chi connectivity index (χ1n) is 9.77. The lowest BCUT2D eigenvalue weighted by molar-refractivity contribution is -0.118. The zero-order valence-corrected chi connectivity index (χ0v) is 17.4. The molecule has 1 aromatic heterocycles. The van der Waals surface area contributed by atoms with E-state index in [0.717, 1.165) is 5.56 Å². The Hall–Kier alpha value is -3.54. The van der Waals surface area contributed by atoms with E-state index in [9.17, 15) is 4.79 Å². The Balaban J connectivity index is 1.57. The van der Waals surface area contributed by atoms with Crippen LogP contribution in [0.5, 0.6) is 17.2 Å². The minimum absolute atomic E-state index is 0.0844. The summed E-state index contributed by atoms with van der Waals surface area (Å²) in [5, 5.41) is 2.82. The second-order valence-corrected chi connectivity index (χ2v) is 7.08. The number of carbonyl (C=O) groups excluding carboxylic acids is 1. The summed E-state index contributed by atoms with van der Waals surface area (Å²) in [5.41, 5.74) is 2.76. The third-order valence-corrected chi connectivity index (χ3v) is 4.48.